The van der Waals surface area contributed by atoms with E-state index >= 15 is 0 Å². The van der Waals surface area contributed by atoms with Crippen molar-refractivity contribution in [3.63, 3.8) is 0 Å². The highest BCUT2D eigenvalue weighted by molar-refractivity contribution is 5.97. The van der Waals surface area contributed by atoms with Gasteiger partial charge in [-0.05, 0) is 69.1 Å². The van der Waals surface area contributed by atoms with Crippen molar-refractivity contribution < 1.29 is 4.79 Å². The highest BCUT2D eigenvalue weighted by atomic mass is 16.1. The molecule has 5 nitrogen and oxygen atoms in total. The molecule has 2 aromatic carbocycles. The van der Waals surface area contributed by atoms with Crippen LogP contribution in [0.5, 0.6) is 0 Å². The Bertz CT molecular complexity index is 910. The lowest BCUT2D eigenvalue weighted by Crippen LogP contribution is -2.38. The first-order valence-electron chi connectivity index (χ1n) is 9.26. The highest BCUT2D eigenvalue weighted by Crippen LogP contribution is 2.22. The van der Waals surface area contributed by atoms with Gasteiger partial charge in [-0.3, -0.25) is 9.36 Å². The molecule has 0 bridgehead atoms. The van der Waals surface area contributed by atoms with Crippen molar-refractivity contribution in [2.45, 2.75) is 19.8 Å². The maximum atomic E-state index is 12.5. The first kappa shape index (κ1) is 16.8. The topological polar surface area (TPSA) is 59.0 Å². The molecule has 3 aromatic rings. The van der Waals surface area contributed by atoms with E-state index in [0.29, 0.717) is 11.5 Å². The predicted octanol–water partition coefficient (Wildman–Crippen LogP) is 3.06. The van der Waals surface area contributed by atoms with Gasteiger partial charge in [0.05, 0.1) is 11.0 Å². The maximum Gasteiger partial charge on any atom is 0.251 e. The van der Waals surface area contributed by atoms with Crippen LogP contribution in [0.25, 0.3) is 16.7 Å². The van der Waals surface area contributed by atoms with E-state index in [1.54, 1.807) is 0 Å². The molecule has 0 saturated carbocycles. The van der Waals surface area contributed by atoms with Crippen LogP contribution in [-0.2, 0) is 0 Å². The number of fused-ring (bicyclic) bond motifs is 1. The fraction of sp³-hybridized carbons (Fsp3) is 0.333. The summed E-state index contributed by atoms with van der Waals surface area (Å²) in [5.74, 6) is 1.41. The lowest BCUT2D eigenvalue weighted by atomic mass is 9.99. The Morgan fingerprint density at radius 3 is 2.88 bits per heavy atom. The first-order valence-corrected chi connectivity index (χ1v) is 9.26. The molecule has 5 heteroatoms. The van der Waals surface area contributed by atoms with Gasteiger partial charge in [-0.25, -0.2) is 4.98 Å². The van der Waals surface area contributed by atoms with Crippen molar-refractivity contribution in [2.24, 2.45) is 5.92 Å². The third-order valence-corrected chi connectivity index (χ3v) is 5.05. The van der Waals surface area contributed by atoms with Crippen molar-refractivity contribution >= 4 is 16.9 Å². The lowest BCUT2D eigenvalue weighted by molar-refractivity contribution is 0.0945. The molecule has 0 radical (unpaired) electrons. The van der Waals surface area contributed by atoms with Gasteiger partial charge in [-0.15, -0.1) is 0 Å². The molecule has 1 aliphatic rings. The van der Waals surface area contributed by atoms with Crippen LogP contribution in [0.15, 0.2) is 48.5 Å². The normalized spacial score (nSPS) is 17.3. The number of hydrogen-bond donors (Lipinski definition) is 2. The largest absolute Gasteiger partial charge is 0.352 e. The molecule has 26 heavy (non-hydrogen) atoms. The summed E-state index contributed by atoms with van der Waals surface area (Å²) in [5, 5.41) is 6.46. The minimum Gasteiger partial charge on any atom is -0.352 e. The van der Waals surface area contributed by atoms with Crippen molar-refractivity contribution in [3.05, 3.63) is 59.9 Å². The molecule has 1 unspecified atom stereocenters. The van der Waals surface area contributed by atoms with E-state index in [1.165, 1.54) is 12.8 Å². The smallest absolute Gasteiger partial charge is 0.251 e. The van der Waals surface area contributed by atoms with Gasteiger partial charge in [-0.1, -0.05) is 18.2 Å². The molecule has 4 rings (SSSR count). The zero-order chi connectivity index (χ0) is 17.9. The van der Waals surface area contributed by atoms with E-state index in [0.717, 1.165) is 42.2 Å². The molecule has 1 atom stereocenters. The Labute approximate surface area is 153 Å². The Morgan fingerprint density at radius 2 is 2.12 bits per heavy atom. The standard InChI is InChI=1S/C21H24N4O/c1-15-24-19-12-17(21(26)23-14-16-6-5-11-22-13-16)9-10-20(19)25(15)18-7-3-2-4-8-18/h2-4,7-10,12,16,22H,5-6,11,13-14H2,1H3,(H,23,26). The van der Waals surface area contributed by atoms with E-state index in [1.807, 2.05) is 43.3 Å². The average molecular weight is 348 g/mol. The van der Waals surface area contributed by atoms with E-state index in [2.05, 4.69) is 32.3 Å². The first-order chi connectivity index (χ1) is 12.7. The lowest BCUT2D eigenvalue weighted by Gasteiger charge is -2.22. The maximum absolute atomic E-state index is 12.5. The highest BCUT2D eigenvalue weighted by Gasteiger charge is 2.16. The van der Waals surface area contributed by atoms with Crippen molar-refractivity contribution in [1.29, 1.82) is 0 Å². The third-order valence-electron chi connectivity index (χ3n) is 5.05. The predicted molar refractivity (Wildman–Crippen MR) is 104 cm³/mol. The molecule has 1 fully saturated rings. The molecular formula is C21H24N4O. The summed E-state index contributed by atoms with van der Waals surface area (Å²) in [4.78, 5) is 17.2. The monoisotopic (exact) mass is 348 g/mol. The van der Waals surface area contributed by atoms with Crippen LogP contribution in [0.4, 0.5) is 0 Å². The van der Waals surface area contributed by atoms with Crippen LogP contribution in [0.3, 0.4) is 0 Å². The van der Waals surface area contributed by atoms with E-state index in [4.69, 9.17) is 0 Å². The Balaban J connectivity index is 1.55. The van der Waals surface area contributed by atoms with Gasteiger partial charge in [0.15, 0.2) is 0 Å². The van der Waals surface area contributed by atoms with Crippen molar-refractivity contribution in [3.8, 4) is 5.69 Å². The number of para-hydroxylation sites is 1. The number of amides is 1. The second kappa shape index (κ2) is 7.30. The van der Waals surface area contributed by atoms with Gasteiger partial charge >= 0.3 is 0 Å². The summed E-state index contributed by atoms with van der Waals surface area (Å²) in [6.07, 6.45) is 2.36. The quantitative estimate of drug-likeness (QED) is 0.762. The minimum absolute atomic E-state index is 0.0237. The van der Waals surface area contributed by atoms with Crippen molar-refractivity contribution in [2.75, 3.05) is 19.6 Å². The summed E-state index contributed by atoms with van der Waals surface area (Å²) in [5.41, 5.74) is 3.61. The fourth-order valence-electron chi connectivity index (χ4n) is 3.68. The molecule has 2 N–H and O–H groups in total. The fourth-order valence-corrected chi connectivity index (χ4v) is 3.68. The van der Waals surface area contributed by atoms with Crippen LogP contribution >= 0.6 is 0 Å². The van der Waals surface area contributed by atoms with E-state index in [9.17, 15) is 4.79 Å². The number of piperidine rings is 1. The molecule has 1 saturated heterocycles. The molecule has 0 aliphatic carbocycles. The second-order valence-corrected chi connectivity index (χ2v) is 6.96. The molecule has 1 aromatic heterocycles. The van der Waals surface area contributed by atoms with Gasteiger partial charge in [0.2, 0.25) is 0 Å². The Morgan fingerprint density at radius 1 is 1.27 bits per heavy atom. The summed E-state index contributed by atoms with van der Waals surface area (Å²) < 4.78 is 2.12. The van der Waals surface area contributed by atoms with Gasteiger partial charge in [0, 0.05) is 17.8 Å². The Kier molecular flexibility index (Phi) is 4.71. The number of nitrogens with zero attached hydrogens (tertiary/aromatic N) is 2. The number of hydrogen-bond acceptors (Lipinski definition) is 3. The Hall–Kier alpha value is -2.66. The molecular weight excluding hydrogens is 324 g/mol. The summed E-state index contributed by atoms with van der Waals surface area (Å²) in [6.45, 7) is 4.79. The van der Waals surface area contributed by atoms with Crippen LogP contribution in [-0.4, -0.2) is 35.1 Å². The summed E-state index contributed by atoms with van der Waals surface area (Å²) >= 11 is 0. The average Bonchev–Trinajstić information content (AvgIpc) is 3.02. The minimum atomic E-state index is -0.0237. The van der Waals surface area contributed by atoms with Gasteiger partial charge in [-0.2, -0.15) is 0 Å². The summed E-state index contributed by atoms with van der Waals surface area (Å²) in [6, 6.07) is 15.9. The SMILES string of the molecule is Cc1nc2cc(C(=O)NCC3CCCNC3)ccc2n1-c1ccccc1. The van der Waals surface area contributed by atoms with E-state index < -0.39 is 0 Å². The zero-order valence-electron chi connectivity index (χ0n) is 15.0. The molecule has 2 heterocycles. The van der Waals surface area contributed by atoms with E-state index in [-0.39, 0.29) is 5.91 Å². The number of aryl methyl sites for hydroxylation is 1. The molecule has 1 aliphatic heterocycles. The van der Waals surface area contributed by atoms with Crippen LogP contribution in [0, 0.1) is 12.8 Å². The number of aromatic nitrogens is 2. The van der Waals surface area contributed by atoms with Crippen molar-refractivity contribution in [1.82, 2.24) is 20.2 Å². The molecule has 1 amide bonds. The summed E-state index contributed by atoms with van der Waals surface area (Å²) in [7, 11) is 0. The van der Waals surface area contributed by atoms with Gasteiger partial charge in [0.1, 0.15) is 5.82 Å². The number of carbonyl (C=O) groups is 1. The number of rotatable bonds is 4. The van der Waals surface area contributed by atoms with Crippen LogP contribution in [0.2, 0.25) is 0 Å². The number of carbonyl (C=O) groups excluding carboxylic acids is 1. The molecule has 0 spiro atoms. The zero-order valence-corrected chi connectivity index (χ0v) is 15.0. The second-order valence-electron chi connectivity index (χ2n) is 6.96. The van der Waals surface area contributed by atoms with Gasteiger partial charge < -0.3 is 10.6 Å². The number of nitrogens with one attached hydrogen (secondary N) is 2. The number of benzene rings is 2. The van der Waals surface area contributed by atoms with Crippen LogP contribution < -0.4 is 10.6 Å². The van der Waals surface area contributed by atoms with Crippen LogP contribution in [0.1, 0.15) is 29.0 Å². The third kappa shape index (κ3) is 3.35. The molecule has 134 valence electrons. The number of imidazole rings is 1. The van der Waals surface area contributed by atoms with Gasteiger partial charge in [0.25, 0.3) is 5.91 Å².